The van der Waals surface area contributed by atoms with E-state index in [1.165, 1.54) is 39.0 Å². The first-order valence-corrected chi connectivity index (χ1v) is 5.54. The van der Waals surface area contributed by atoms with E-state index in [9.17, 15) is 4.79 Å². The molecule has 0 aromatic carbocycles. The Balaban J connectivity index is 2.26. The summed E-state index contributed by atoms with van der Waals surface area (Å²) in [6, 6.07) is 0. The Morgan fingerprint density at radius 2 is 2.00 bits per heavy atom. The molecule has 0 unspecified atom stereocenters. The van der Waals surface area contributed by atoms with Crippen LogP contribution in [-0.4, -0.2) is 12.1 Å². The zero-order valence-corrected chi connectivity index (χ0v) is 9.16. The van der Waals surface area contributed by atoms with Crippen LogP contribution in [0.4, 0.5) is 0 Å². The first-order chi connectivity index (χ1) is 6.68. The number of allylic oxidation sites excluding steroid dienone is 1. The van der Waals surface area contributed by atoms with Crippen molar-refractivity contribution in [1.82, 2.24) is 0 Å². The topological polar surface area (TPSA) is 26.3 Å². The number of carbonyl (C=O) groups excluding carboxylic acids is 1. The van der Waals surface area contributed by atoms with Crippen molar-refractivity contribution in [3.8, 4) is 0 Å². The second-order valence-corrected chi connectivity index (χ2v) is 4.10. The van der Waals surface area contributed by atoms with Crippen LogP contribution in [0.15, 0.2) is 12.2 Å². The molecule has 0 aromatic heterocycles. The molecule has 0 radical (unpaired) electrons. The van der Waals surface area contributed by atoms with Gasteiger partial charge >= 0.3 is 5.97 Å². The molecule has 1 atom stereocenters. The highest BCUT2D eigenvalue weighted by atomic mass is 16.5. The van der Waals surface area contributed by atoms with Crippen LogP contribution in [0, 0.1) is 5.92 Å². The number of ether oxygens (including phenoxy) is 1. The molecular weight excluding hydrogens is 176 g/mol. The molecule has 80 valence electrons. The number of rotatable bonds is 3. The average Bonchev–Trinajstić information content (AvgIpc) is 2.15. The lowest BCUT2D eigenvalue weighted by atomic mass is 9.89. The molecular formula is C12H20O2. The number of hydrogen-bond acceptors (Lipinski definition) is 2. The lowest BCUT2D eigenvalue weighted by Gasteiger charge is -2.18. The molecule has 1 aliphatic carbocycles. The molecule has 0 bridgehead atoms. The van der Waals surface area contributed by atoms with Gasteiger partial charge in [-0.15, -0.1) is 0 Å². The summed E-state index contributed by atoms with van der Waals surface area (Å²) in [6.07, 6.45) is 10.8. The van der Waals surface area contributed by atoms with Crippen molar-refractivity contribution in [3.63, 3.8) is 0 Å². The van der Waals surface area contributed by atoms with Crippen molar-refractivity contribution in [2.24, 2.45) is 5.92 Å². The summed E-state index contributed by atoms with van der Waals surface area (Å²) in [5.41, 5.74) is 0. The van der Waals surface area contributed by atoms with E-state index in [1.807, 2.05) is 13.0 Å². The Kier molecular flexibility index (Phi) is 4.71. The summed E-state index contributed by atoms with van der Waals surface area (Å²) < 4.78 is 5.02. The Morgan fingerprint density at radius 3 is 2.57 bits per heavy atom. The molecule has 2 nitrogen and oxygen atoms in total. The maximum atomic E-state index is 10.6. The zero-order valence-electron chi connectivity index (χ0n) is 9.16. The summed E-state index contributed by atoms with van der Waals surface area (Å²) in [5.74, 6) is 0.507. The van der Waals surface area contributed by atoms with Crippen molar-refractivity contribution >= 4 is 5.97 Å². The molecule has 1 aliphatic rings. The minimum absolute atomic E-state index is 0.0746. The van der Waals surface area contributed by atoms with Gasteiger partial charge in [0.2, 0.25) is 0 Å². The van der Waals surface area contributed by atoms with E-state index in [4.69, 9.17) is 4.74 Å². The van der Waals surface area contributed by atoms with Crippen molar-refractivity contribution in [2.75, 3.05) is 0 Å². The Hall–Kier alpha value is -0.790. The van der Waals surface area contributed by atoms with Gasteiger partial charge in [-0.3, -0.25) is 4.79 Å². The van der Waals surface area contributed by atoms with Crippen molar-refractivity contribution in [1.29, 1.82) is 0 Å². The van der Waals surface area contributed by atoms with Crippen LogP contribution >= 0.6 is 0 Å². The molecule has 0 heterocycles. The average molecular weight is 196 g/mol. The molecule has 0 spiro atoms. The molecule has 0 aromatic rings. The maximum absolute atomic E-state index is 10.6. The Morgan fingerprint density at radius 1 is 1.36 bits per heavy atom. The highest BCUT2D eigenvalue weighted by molar-refractivity contribution is 5.66. The van der Waals surface area contributed by atoms with E-state index < -0.39 is 0 Å². The van der Waals surface area contributed by atoms with Crippen LogP contribution in [0.2, 0.25) is 0 Å². The summed E-state index contributed by atoms with van der Waals surface area (Å²) in [6.45, 7) is 3.35. The Labute approximate surface area is 86.3 Å². The third kappa shape index (κ3) is 4.45. The first-order valence-electron chi connectivity index (χ1n) is 5.54. The fourth-order valence-corrected chi connectivity index (χ4v) is 1.94. The van der Waals surface area contributed by atoms with Gasteiger partial charge in [-0.25, -0.2) is 0 Å². The lowest BCUT2D eigenvalue weighted by Crippen LogP contribution is -2.10. The molecule has 1 fully saturated rings. The number of esters is 1. The van der Waals surface area contributed by atoms with Crippen molar-refractivity contribution in [2.45, 2.75) is 52.1 Å². The van der Waals surface area contributed by atoms with Crippen LogP contribution in [0.25, 0.3) is 0 Å². The minimum atomic E-state index is -0.203. The summed E-state index contributed by atoms with van der Waals surface area (Å²) in [4.78, 5) is 10.6. The van der Waals surface area contributed by atoms with Crippen molar-refractivity contribution in [3.05, 3.63) is 12.2 Å². The predicted octanol–water partition coefficient (Wildman–Crippen LogP) is 3.07. The van der Waals surface area contributed by atoms with Gasteiger partial charge in [0.1, 0.15) is 6.10 Å². The van der Waals surface area contributed by atoms with E-state index in [1.54, 1.807) is 0 Å². The highest BCUT2D eigenvalue weighted by Crippen LogP contribution is 2.24. The van der Waals surface area contributed by atoms with E-state index >= 15 is 0 Å². The van der Waals surface area contributed by atoms with Gasteiger partial charge in [-0.05, 0) is 31.8 Å². The monoisotopic (exact) mass is 196 g/mol. The maximum Gasteiger partial charge on any atom is 0.303 e. The van der Waals surface area contributed by atoms with Gasteiger partial charge in [0.25, 0.3) is 0 Å². The van der Waals surface area contributed by atoms with E-state index in [0.717, 1.165) is 0 Å². The number of hydrogen-bond donors (Lipinski definition) is 0. The van der Waals surface area contributed by atoms with E-state index in [-0.39, 0.29) is 12.1 Å². The molecule has 0 aliphatic heterocycles. The summed E-state index contributed by atoms with van der Waals surface area (Å²) in [5, 5.41) is 0. The fourth-order valence-electron chi connectivity index (χ4n) is 1.94. The number of carbonyl (C=O) groups is 1. The first kappa shape index (κ1) is 11.3. The smallest absolute Gasteiger partial charge is 0.303 e. The zero-order chi connectivity index (χ0) is 10.4. The summed E-state index contributed by atoms with van der Waals surface area (Å²) in [7, 11) is 0. The van der Waals surface area contributed by atoms with Crippen LogP contribution < -0.4 is 0 Å². The molecule has 2 heteroatoms. The van der Waals surface area contributed by atoms with E-state index in [0.29, 0.717) is 5.92 Å². The molecule has 1 saturated carbocycles. The van der Waals surface area contributed by atoms with Gasteiger partial charge in [0, 0.05) is 6.92 Å². The van der Waals surface area contributed by atoms with Crippen LogP contribution in [0.1, 0.15) is 46.0 Å². The van der Waals surface area contributed by atoms with Gasteiger partial charge in [-0.2, -0.15) is 0 Å². The van der Waals surface area contributed by atoms with Crippen LogP contribution in [0.3, 0.4) is 0 Å². The van der Waals surface area contributed by atoms with Crippen LogP contribution in [-0.2, 0) is 9.53 Å². The second-order valence-electron chi connectivity index (χ2n) is 4.10. The highest BCUT2D eigenvalue weighted by Gasteiger charge is 2.10. The Bertz CT molecular complexity index is 202. The van der Waals surface area contributed by atoms with Gasteiger partial charge in [0.15, 0.2) is 0 Å². The third-order valence-electron chi connectivity index (χ3n) is 2.66. The fraction of sp³-hybridized carbons (Fsp3) is 0.750. The molecule has 0 amide bonds. The standard InChI is InChI=1S/C12H20O2/c1-10(14-11(2)13)8-9-12-6-4-3-5-7-12/h8-10,12H,3-7H2,1-2H3/b9-8+/t10-/m0/s1. The van der Waals surface area contributed by atoms with E-state index in [2.05, 4.69) is 6.08 Å². The molecule has 0 saturated heterocycles. The van der Waals surface area contributed by atoms with Gasteiger partial charge in [-0.1, -0.05) is 25.3 Å². The minimum Gasteiger partial charge on any atom is -0.459 e. The quantitative estimate of drug-likeness (QED) is 0.512. The third-order valence-corrected chi connectivity index (χ3v) is 2.66. The molecule has 1 rings (SSSR count). The normalized spacial score (nSPS) is 21.0. The van der Waals surface area contributed by atoms with Crippen LogP contribution in [0.5, 0.6) is 0 Å². The summed E-state index contributed by atoms with van der Waals surface area (Å²) >= 11 is 0. The second kappa shape index (κ2) is 5.84. The molecule has 0 N–H and O–H groups in total. The SMILES string of the molecule is CC(=O)O[C@@H](C)/C=C/C1CCCCC1. The van der Waals surface area contributed by atoms with Crippen molar-refractivity contribution < 1.29 is 9.53 Å². The van der Waals surface area contributed by atoms with Gasteiger partial charge in [0.05, 0.1) is 0 Å². The largest absolute Gasteiger partial charge is 0.459 e. The lowest BCUT2D eigenvalue weighted by molar-refractivity contribution is -0.143. The molecule has 14 heavy (non-hydrogen) atoms. The predicted molar refractivity (Wildman–Crippen MR) is 56.9 cm³/mol. The van der Waals surface area contributed by atoms with Gasteiger partial charge < -0.3 is 4.74 Å².